The number of aromatic nitrogens is 2. The molecule has 0 unspecified atom stereocenters. The van der Waals surface area contributed by atoms with Gasteiger partial charge in [0.05, 0.1) is 19.1 Å². The lowest BCUT2D eigenvalue weighted by Gasteiger charge is -2.35. The van der Waals surface area contributed by atoms with E-state index in [0.717, 1.165) is 24.1 Å². The molecule has 1 N–H and O–H groups in total. The van der Waals surface area contributed by atoms with E-state index >= 15 is 0 Å². The zero-order valence-corrected chi connectivity index (χ0v) is 16.3. The van der Waals surface area contributed by atoms with Gasteiger partial charge in [0, 0.05) is 5.41 Å². The van der Waals surface area contributed by atoms with Crippen molar-refractivity contribution in [3.63, 3.8) is 0 Å². The van der Waals surface area contributed by atoms with Crippen molar-refractivity contribution in [2.75, 3.05) is 19.5 Å². The first-order chi connectivity index (χ1) is 12.6. The van der Waals surface area contributed by atoms with Gasteiger partial charge in [0.1, 0.15) is 17.1 Å². The third-order valence-corrected chi connectivity index (χ3v) is 6.32. The molecule has 0 spiro atoms. The van der Waals surface area contributed by atoms with Crippen LogP contribution in [0.1, 0.15) is 60.7 Å². The van der Waals surface area contributed by atoms with Crippen molar-refractivity contribution < 1.29 is 14.3 Å². The molecule has 140 valence electrons. The summed E-state index contributed by atoms with van der Waals surface area (Å²) in [5.41, 5.74) is 0.436. The van der Waals surface area contributed by atoms with Crippen molar-refractivity contribution in [1.29, 1.82) is 0 Å². The Labute approximate surface area is 158 Å². The number of ether oxygens (including phenoxy) is 2. The smallest absolute Gasteiger partial charge is 0.264 e. The number of anilines is 1. The lowest BCUT2D eigenvalue weighted by atomic mass is 9.71. The number of carbonyl (C=O) groups is 1. The van der Waals surface area contributed by atoms with Crippen LogP contribution >= 0.6 is 11.5 Å². The predicted molar refractivity (Wildman–Crippen MR) is 102 cm³/mol. The van der Waals surface area contributed by atoms with E-state index in [-0.39, 0.29) is 11.3 Å². The number of nitrogens with one attached hydrogen (secondary N) is 1. The number of rotatable bonds is 6. The third kappa shape index (κ3) is 3.40. The maximum Gasteiger partial charge on any atom is 0.264 e. The largest absolute Gasteiger partial charge is 0.496 e. The van der Waals surface area contributed by atoms with E-state index in [1.807, 2.05) is 0 Å². The maximum atomic E-state index is 13.0. The van der Waals surface area contributed by atoms with Gasteiger partial charge in [-0.3, -0.25) is 4.79 Å². The Bertz CT molecular complexity index is 747. The van der Waals surface area contributed by atoms with Crippen molar-refractivity contribution in [2.24, 2.45) is 0 Å². The molecule has 1 amide bonds. The van der Waals surface area contributed by atoms with Crippen LogP contribution in [0.3, 0.4) is 0 Å². The highest BCUT2D eigenvalue weighted by atomic mass is 32.1. The molecular formula is C19H25N3O3S. The molecule has 7 heteroatoms. The average molecular weight is 375 g/mol. The van der Waals surface area contributed by atoms with Crippen LogP contribution in [0.25, 0.3) is 0 Å². The second-order valence-corrected chi connectivity index (χ2v) is 7.39. The minimum atomic E-state index is -0.296. The van der Waals surface area contributed by atoms with Gasteiger partial charge in [-0.2, -0.15) is 0 Å². The molecule has 26 heavy (non-hydrogen) atoms. The van der Waals surface area contributed by atoms with Crippen LogP contribution in [0.4, 0.5) is 5.82 Å². The molecule has 0 saturated heterocycles. The minimum absolute atomic E-state index is 0.0693. The van der Waals surface area contributed by atoms with Gasteiger partial charge in [0.2, 0.25) is 0 Å². The molecule has 0 bridgehead atoms. The Morgan fingerprint density at radius 1 is 1.19 bits per heavy atom. The fourth-order valence-corrected chi connectivity index (χ4v) is 4.76. The van der Waals surface area contributed by atoms with Crippen LogP contribution in [0.15, 0.2) is 18.2 Å². The van der Waals surface area contributed by atoms with Crippen LogP contribution in [0, 0.1) is 0 Å². The first kappa shape index (κ1) is 18.6. The molecular weight excluding hydrogens is 350 g/mol. The maximum absolute atomic E-state index is 13.0. The Morgan fingerprint density at radius 2 is 1.85 bits per heavy atom. The first-order valence-corrected chi connectivity index (χ1v) is 9.77. The van der Waals surface area contributed by atoms with Gasteiger partial charge in [-0.25, -0.2) is 0 Å². The first-order valence-electron chi connectivity index (χ1n) is 9.00. The van der Waals surface area contributed by atoms with Crippen molar-refractivity contribution in [3.05, 3.63) is 28.6 Å². The third-order valence-electron chi connectivity index (χ3n) is 5.34. The molecule has 1 heterocycles. The second kappa shape index (κ2) is 8.03. The fraction of sp³-hybridized carbons (Fsp3) is 0.526. The average Bonchev–Trinajstić information content (AvgIpc) is 3.16. The summed E-state index contributed by atoms with van der Waals surface area (Å²) in [5, 5.41) is 7.17. The highest BCUT2D eigenvalue weighted by Crippen LogP contribution is 2.46. The van der Waals surface area contributed by atoms with Crippen LogP contribution in [-0.2, 0) is 5.41 Å². The summed E-state index contributed by atoms with van der Waals surface area (Å²) in [6.45, 7) is 2.21. The zero-order chi connectivity index (χ0) is 18.6. The molecule has 6 nitrogen and oxygen atoms in total. The van der Waals surface area contributed by atoms with Gasteiger partial charge >= 0.3 is 0 Å². The summed E-state index contributed by atoms with van der Waals surface area (Å²) in [5.74, 6) is 1.20. The molecule has 0 aliphatic heterocycles. The molecule has 1 fully saturated rings. The van der Waals surface area contributed by atoms with Gasteiger partial charge in [-0.1, -0.05) is 36.7 Å². The van der Waals surface area contributed by atoms with Gasteiger partial charge < -0.3 is 14.8 Å². The van der Waals surface area contributed by atoms with Gasteiger partial charge in [-0.05, 0) is 42.9 Å². The highest BCUT2D eigenvalue weighted by molar-refractivity contribution is 7.06. The van der Waals surface area contributed by atoms with Crippen LogP contribution in [0.5, 0.6) is 11.5 Å². The summed E-state index contributed by atoms with van der Waals surface area (Å²) in [6.07, 6.45) is 6.95. The number of hydrogen-bond acceptors (Lipinski definition) is 6. The SMILES string of the molecule is CCC1(c2snnc2NC(=O)c2c(OC)cccc2OC)CCCCC1. The van der Waals surface area contributed by atoms with E-state index in [0.29, 0.717) is 22.9 Å². The molecule has 1 aromatic carbocycles. The van der Waals surface area contributed by atoms with Gasteiger partial charge in [0.15, 0.2) is 5.82 Å². The van der Waals surface area contributed by atoms with Crippen LogP contribution in [-0.4, -0.2) is 29.7 Å². The molecule has 1 aliphatic rings. The molecule has 1 saturated carbocycles. The van der Waals surface area contributed by atoms with E-state index < -0.39 is 0 Å². The number of benzene rings is 1. The lowest BCUT2D eigenvalue weighted by molar-refractivity contribution is 0.102. The summed E-state index contributed by atoms with van der Waals surface area (Å²) in [6, 6.07) is 5.27. The van der Waals surface area contributed by atoms with Crippen LogP contribution < -0.4 is 14.8 Å². The van der Waals surface area contributed by atoms with E-state index in [2.05, 4.69) is 21.8 Å². The number of methoxy groups -OCH3 is 2. The standard InChI is InChI=1S/C19H25N3O3S/c1-4-19(11-6-5-7-12-19)16-17(21-22-26-16)20-18(23)15-13(24-2)9-8-10-14(15)25-3/h8-10H,4-7,11-12H2,1-3H3,(H,20,23). The van der Waals surface area contributed by atoms with E-state index in [4.69, 9.17) is 9.47 Å². The van der Waals surface area contributed by atoms with E-state index in [1.165, 1.54) is 45.0 Å². The molecule has 1 aliphatic carbocycles. The zero-order valence-electron chi connectivity index (χ0n) is 15.5. The monoisotopic (exact) mass is 375 g/mol. The second-order valence-electron chi connectivity index (χ2n) is 6.64. The van der Waals surface area contributed by atoms with E-state index in [1.54, 1.807) is 18.2 Å². The van der Waals surface area contributed by atoms with Crippen molar-refractivity contribution in [3.8, 4) is 11.5 Å². The molecule has 0 radical (unpaired) electrons. The minimum Gasteiger partial charge on any atom is -0.496 e. The van der Waals surface area contributed by atoms with Crippen molar-refractivity contribution in [1.82, 2.24) is 9.59 Å². The normalized spacial score (nSPS) is 16.1. The Hall–Kier alpha value is -2.15. The van der Waals surface area contributed by atoms with Gasteiger partial charge in [0.25, 0.3) is 5.91 Å². The highest BCUT2D eigenvalue weighted by Gasteiger charge is 2.37. The molecule has 1 aromatic heterocycles. The Balaban J connectivity index is 1.92. The quantitative estimate of drug-likeness (QED) is 0.809. The molecule has 3 rings (SSSR count). The summed E-state index contributed by atoms with van der Waals surface area (Å²) < 4.78 is 14.8. The Morgan fingerprint density at radius 3 is 2.42 bits per heavy atom. The number of amides is 1. The van der Waals surface area contributed by atoms with E-state index in [9.17, 15) is 4.79 Å². The van der Waals surface area contributed by atoms with Crippen molar-refractivity contribution in [2.45, 2.75) is 50.9 Å². The predicted octanol–water partition coefficient (Wildman–Crippen LogP) is 4.42. The van der Waals surface area contributed by atoms with Crippen molar-refractivity contribution >= 4 is 23.3 Å². The fourth-order valence-electron chi connectivity index (χ4n) is 3.84. The summed E-state index contributed by atoms with van der Waals surface area (Å²) >= 11 is 1.40. The topological polar surface area (TPSA) is 73.3 Å². The molecule has 0 atom stereocenters. The number of carbonyl (C=O) groups excluding carboxylic acids is 1. The lowest BCUT2D eigenvalue weighted by Crippen LogP contribution is -2.29. The molecule has 2 aromatic rings. The number of hydrogen-bond donors (Lipinski definition) is 1. The van der Waals surface area contributed by atoms with Crippen LogP contribution in [0.2, 0.25) is 0 Å². The number of nitrogens with zero attached hydrogens (tertiary/aromatic N) is 2. The Kier molecular flexibility index (Phi) is 5.76. The summed E-state index contributed by atoms with van der Waals surface area (Å²) in [7, 11) is 3.07. The van der Waals surface area contributed by atoms with Gasteiger partial charge in [-0.15, -0.1) is 5.10 Å². The summed E-state index contributed by atoms with van der Waals surface area (Å²) in [4.78, 5) is 14.1.